The van der Waals surface area contributed by atoms with Crippen LogP contribution in [0.25, 0.3) is 0 Å². The van der Waals surface area contributed by atoms with E-state index in [4.69, 9.17) is 9.47 Å². The summed E-state index contributed by atoms with van der Waals surface area (Å²) in [5.41, 5.74) is 2.69. The maximum absolute atomic E-state index is 9.74. The van der Waals surface area contributed by atoms with E-state index in [1.54, 1.807) is 20.3 Å². The second kappa shape index (κ2) is 4.44. The molecule has 14 heavy (non-hydrogen) atoms. The SMILES string of the molecule is COC(OC)c1c(C)cc(C)cc1O. The minimum atomic E-state index is -0.504. The minimum Gasteiger partial charge on any atom is -0.507 e. The third kappa shape index (κ3) is 2.05. The zero-order valence-corrected chi connectivity index (χ0v) is 9.00. The van der Waals surface area contributed by atoms with Gasteiger partial charge in [-0.25, -0.2) is 0 Å². The molecule has 1 N–H and O–H groups in total. The normalized spacial score (nSPS) is 10.9. The van der Waals surface area contributed by atoms with Gasteiger partial charge in [0.25, 0.3) is 0 Å². The molecule has 0 aromatic heterocycles. The third-order valence-electron chi connectivity index (χ3n) is 2.17. The highest BCUT2D eigenvalue weighted by Crippen LogP contribution is 2.31. The van der Waals surface area contributed by atoms with Crippen molar-refractivity contribution in [2.75, 3.05) is 14.2 Å². The van der Waals surface area contributed by atoms with Crippen molar-refractivity contribution in [3.8, 4) is 5.75 Å². The van der Waals surface area contributed by atoms with Crippen molar-refractivity contribution < 1.29 is 14.6 Å². The average molecular weight is 196 g/mol. The maximum Gasteiger partial charge on any atom is 0.186 e. The van der Waals surface area contributed by atoms with Gasteiger partial charge in [0.2, 0.25) is 0 Å². The fraction of sp³-hybridized carbons (Fsp3) is 0.455. The number of phenolic OH excluding ortho intramolecular Hbond substituents is 1. The molecule has 0 amide bonds. The zero-order valence-electron chi connectivity index (χ0n) is 9.00. The van der Waals surface area contributed by atoms with Crippen LogP contribution >= 0.6 is 0 Å². The Kier molecular flexibility index (Phi) is 3.49. The highest BCUT2D eigenvalue weighted by molar-refractivity contribution is 5.42. The fourth-order valence-electron chi connectivity index (χ4n) is 1.59. The minimum absolute atomic E-state index is 0.219. The van der Waals surface area contributed by atoms with E-state index in [-0.39, 0.29) is 5.75 Å². The molecule has 0 aliphatic heterocycles. The number of rotatable bonds is 3. The largest absolute Gasteiger partial charge is 0.507 e. The van der Waals surface area contributed by atoms with Gasteiger partial charge in [0.15, 0.2) is 6.29 Å². The molecule has 1 aromatic rings. The van der Waals surface area contributed by atoms with Crippen LogP contribution in [0.4, 0.5) is 0 Å². The number of phenols is 1. The Balaban J connectivity index is 3.19. The van der Waals surface area contributed by atoms with Gasteiger partial charge in [-0.1, -0.05) is 6.07 Å². The standard InChI is InChI=1S/C11H16O3/c1-7-5-8(2)10(9(12)6-7)11(13-3)14-4/h5-6,11-12H,1-4H3. The van der Waals surface area contributed by atoms with Gasteiger partial charge in [-0.15, -0.1) is 0 Å². The second-order valence-corrected chi connectivity index (χ2v) is 3.32. The quantitative estimate of drug-likeness (QED) is 0.754. The van der Waals surface area contributed by atoms with Gasteiger partial charge in [-0.2, -0.15) is 0 Å². The predicted molar refractivity (Wildman–Crippen MR) is 54.3 cm³/mol. The molecule has 0 saturated heterocycles. The lowest BCUT2D eigenvalue weighted by Crippen LogP contribution is -2.06. The topological polar surface area (TPSA) is 38.7 Å². The zero-order chi connectivity index (χ0) is 10.7. The summed E-state index contributed by atoms with van der Waals surface area (Å²) >= 11 is 0. The molecule has 1 rings (SSSR count). The fourth-order valence-corrected chi connectivity index (χ4v) is 1.59. The lowest BCUT2D eigenvalue weighted by Gasteiger charge is -2.17. The van der Waals surface area contributed by atoms with Gasteiger partial charge in [-0.05, 0) is 31.0 Å². The molecule has 0 bridgehead atoms. The van der Waals surface area contributed by atoms with E-state index in [9.17, 15) is 5.11 Å². The van der Waals surface area contributed by atoms with Gasteiger partial charge in [0, 0.05) is 14.2 Å². The van der Waals surface area contributed by atoms with Crippen LogP contribution in [0.3, 0.4) is 0 Å². The van der Waals surface area contributed by atoms with Crippen LogP contribution in [0.1, 0.15) is 23.0 Å². The number of methoxy groups -OCH3 is 2. The summed E-state index contributed by atoms with van der Waals surface area (Å²) in [6.45, 7) is 3.86. The van der Waals surface area contributed by atoms with Crippen molar-refractivity contribution in [1.82, 2.24) is 0 Å². The molecule has 78 valence electrons. The Morgan fingerprint density at radius 1 is 1.14 bits per heavy atom. The Labute approximate surface area is 84.3 Å². The van der Waals surface area contributed by atoms with E-state index in [0.29, 0.717) is 5.56 Å². The smallest absolute Gasteiger partial charge is 0.186 e. The molecule has 0 heterocycles. The number of hydrogen-bond acceptors (Lipinski definition) is 3. The van der Waals surface area contributed by atoms with E-state index in [2.05, 4.69) is 0 Å². The van der Waals surface area contributed by atoms with Crippen molar-refractivity contribution in [3.05, 3.63) is 28.8 Å². The van der Waals surface area contributed by atoms with Gasteiger partial charge in [0.05, 0.1) is 5.56 Å². The van der Waals surface area contributed by atoms with Crippen molar-refractivity contribution in [1.29, 1.82) is 0 Å². The number of benzene rings is 1. The Morgan fingerprint density at radius 2 is 1.71 bits per heavy atom. The van der Waals surface area contributed by atoms with E-state index >= 15 is 0 Å². The van der Waals surface area contributed by atoms with Crippen LogP contribution in [0, 0.1) is 13.8 Å². The number of ether oxygens (including phenoxy) is 2. The highest BCUT2D eigenvalue weighted by atomic mass is 16.7. The first-order valence-corrected chi connectivity index (χ1v) is 4.45. The van der Waals surface area contributed by atoms with Crippen molar-refractivity contribution in [3.63, 3.8) is 0 Å². The van der Waals surface area contributed by atoms with Crippen molar-refractivity contribution in [2.24, 2.45) is 0 Å². The van der Waals surface area contributed by atoms with Gasteiger partial charge < -0.3 is 14.6 Å². The Hall–Kier alpha value is -1.06. The van der Waals surface area contributed by atoms with Gasteiger partial charge in [-0.3, -0.25) is 0 Å². The summed E-state index contributed by atoms with van der Waals surface area (Å²) < 4.78 is 10.2. The Morgan fingerprint density at radius 3 is 2.14 bits per heavy atom. The first kappa shape index (κ1) is 11.0. The van der Waals surface area contributed by atoms with Crippen LogP contribution in [-0.2, 0) is 9.47 Å². The summed E-state index contributed by atoms with van der Waals surface area (Å²) in [5, 5.41) is 9.74. The second-order valence-electron chi connectivity index (χ2n) is 3.32. The molecule has 0 aliphatic rings. The lowest BCUT2D eigenvalue weighted by atomic mass is 10.0. The monoisotopic (exact) mass is 196 g/mol. The molecule has 0 unspecified atom stereocenters. The molecule has 0 fully saturated rings. The first-order valence-electron chi connectivity index (χ1n) is 4.45. The highest BCUT2D eigenvalue weighted by Gasteiger charge is 2.16. The van der Waals surface area contributed by atoms with Crippen LogP contribution in [0.15, 0.2) is 12.1 Å². The average Bonchev–Trinajstić information content (AvgIpc) is 2.10. The molecule has 0 atom stereocenters. The number of hydrogen-bond donors (Lipinski definition) is 1. The summed E-state index contributed by atoms with van der Waals surface area (Å²) in [6.07, 6.45) is -0.504. The summed E-state index contributed by atoms with van der Waals surface area (Å²) in [5.74, 6) is 0.219. The van der Waals surface area contributed by atoms with Crippen molar-refractivity contribution in [2.45, 2.75) is 20.1 Å². The molecular formula is C11H16O3. The number of aryl methyl sites for hydroxylation is 2. The predicted octanol–water partition coefficient (Wildman–Crippen LogP) is 2.30. The number of aromatic hydroxyl groups is 1. The maximum atomic E-state index is 9.74. The van der Waals surface area contributed by atoms with Crippen molar-refractivity contribution >= 4 is 0 Å². The first-order chi connectivity index (χ1) is 6.60. The van der Waals surface area contributed by atoms with Crippen LogP contribution in [0.5, 0.6) is 5.75 Å². The summed E-state index contributed by atoms with van der Waals surface area (Å²) in [7, 11) is 3.10. The van der Waals surface area contributed by atoms with Gasteiger partial charge in [0.1, 0.15) is 5.75 Å². The molecule has 1 aromatic carbocycles. The van der Waals surface area contributed by atoms with E-state index in [1.807, 2.05) is 19.9 Å². The van der Waals surface area contributed by atoms with Crippen LogP contribution in [0.2, 0.25) is 0 Å². The molecule has 0 radical (unpaired) electrons. The van der Waals surface area contributed by atoms with E-state index < -0.39 is 6.29 Å². The van der Waals surface area contributed by atoms with E-state index in [1.165, 1.54) is 0 Å². The molecule has 0 aliphatic carbocycles. The molecular weight excluding hydrogens is 180 g/mol. The van der Waals surface area contributed by atoms with Crippen LogP contribution < -0.4 is 0 Å². The molecule has 0 saturated carbocycles. The summed E-state index contributed by atoms with van der Waals surface area (Å²) in [6, 6.07) is 3.69. The van der Waals surface area contributed by atoms with Crippen LogP contribution in [-0.4, -0.2) is 19.3 Å². The van der Waals surface area contributed by atoms with Gasteiger partial charge >= 0.3 is 0 Å². The lowest BCUT2D eigenvalue weighted by molar-refractivity contribution is -0.107. The molecule has 3 nitrogen and oxygen atoms in total. The molecule has 0 spiro atoms. The molecule has 3 heteroatoms. The Bertz CT molecular complexity index is 293. The third-order valence-corrected chi connectivity index (χ3v) is 2.17. The van der Waals surface area contributed by atoms with E-state index in [0.717, 1.165) is 11.1 Å². The summed E-state index contributed by atoms with van der Waals surface area (Å²) in [4.78, 5) is 0.